The molecule has 0 bridgehead atoms. The van der Waals surface area contributed by atoms with E-state index in [0.29, 0.717) is 4.31 Å². The number of hydrogen-bond acceptors (Lipinski definition) is 5. The Labute approximate surface area is 137 Å². The maximum absolute atomic E-state index is 12.4. The number of amides is 2. The highest BCUT2D eigenvalue weighted by Crippen LogP contribution is 2.29. The van der Waals surface area contributed by atoms with Gasteiger partial charge in [-0.3, -0.25) is 9.59 Å². The van der Waals surface area contributed by atoms with Crippen LogP contribution in [0.5, 0.6) is 0 Å². The van der Waals surface area contributed by atoms with E-state index in [0.717, 1.165) is 4.88 Å². The molecule has 0 saturated heterocycles. The van der Waals surface area contributed by atoms with Crippen molar-refractivity contribution in [2.75, 3.05) is 6.54 Å². The number of rotatable bonds is 4. The number of nitrogens with one attached hydrogen (secondary N) is 1. The predicted molar refractivity (Wildman–Crippen MR) is 85.5 cm³/mol. The number of carbonyl (C=O) groups is 2. The van der Waals surface area contributed by atoms with Gasteiger partial charge in [-0.15, -0.1) is 11.3 Å². The third-order valence-corrected chi connectivity index (χ3v) is 6.39. The van der Waals surface area contributed by atoms with Crippen LogP contribution in [0.4, 0.5) is 0 Å². The van der Waals surface area contributed by atoms with Gasteiger partial charge in [-0.1, -0.05) is 18.2 Å². The van der Waals surface area contributed by atoms with Crippen molar-refractivity contribution in [3.05, 3.63) is 52.2 Å². The summed E-state index contributed by atoms with van der Waals surface area (Å²) < 4.78 is 25.4. The van der Waals surface area contributed by atoms with Gasteiger partial charge in [0.2, 0.25) is 5.91 Å². The molecule has 2 aromatic rings. The van der Waals surface area contributed by atoms with Crippen molar-refractivity contribution in [2.45, 2.75) is 17.9 Å². The summed E-state index contributed by atoms with van der Waals surface area (Å²) in [5.41, 5.74) is 0.103. The van der Waals surface area contributed by atoms with Gasteiger partial charge in [-0.25, -0.2) is 12.7 Å². The molecule has 0 fully saturated rings. The lowest BCUT2D eigenvalue weighted by Crippen LogP contribution is -2.41. The molecule has 1 aromatic heterocycles. The SMILES string of the molecule is CC(NC(=O)CN1C(=O)c2ccccc2S1(=O)=O)c1cccs1. The first kappa shape index (κ1) is 15.7. The van der Waals surface area contributed by atoms with Gasteiger partial charge in [-0.05, 0) is 30.5 Å². The fourth-order valence-corrected chi connectivity index (χ4v) is 4.67. The first-order valence-corrected chi connectivity index (χ1v) is 9.22. The molecule has 1 atom stereocenters. The van der Waals surface area contributed by atoms with E-state index in [9.17, 15) is 18.0 Å². The minimum Gasteiger partial charge on any atom is -0.347 e. The second-order valence-electron chi connectivity index (χ2n) is 5.12. The van der Waals surface area contributed by atoms with E-state index in [4.69, 9.17) is 0 Å². The molecule has 1 N–H and O–H groups in total. The van der Waals surface area contributed by atoms with E-state index >= 15 is 0 Å². The first-order valence-electron chi connectivity index (χ1n) is 6.90. The van der Waals surface area contributed by atoms with Gasteiger partial charge in [0.1, 0.15) is 11.4 Å². The molecular weight excluding hydrogens is 336 g/mol. The van der Waals surface area contributed by atoms with E-state index in [2.05, 4.69) is 5.32 Å². The summed E-state index contributed by atoms with van der Waals surface area (Å²) in [6, 6.07) is 9.46. The van der Waals surface area contributed by atoms with Crippen molar-refractivity contribution in [1.82, 2.24) is 9.62 Å². The molecule has 8 heteroatoms. The topological polar surface area (TPSA) is 83.6 Å². The number of fused-ring (bicyclic) bond motifs is 1. The van der Waals surface area contributed by atoms with Crippen LogP contribution in [0.3, 0.4) is 0 Å². The van der Waals surface area contributed by atoms with E-state index in [1.165, 1.54) is 23.5 Å². The van der Waals surface area contributed by atoms with E-state index < -0.39 is 28.4 Å². The fourth-order valence-electron chi connectivity index (χ4n) is 2.41. The summed E-state index contributed by atoms with van der Waals surface area (Å²) in [5.74, 6) is -1.19. The average molecular weight is 350 g/mol. The summed E-state index contributed by atoms with van der Waals surface area (Å²) >= 11 is 1.49. The lowest BCUT2D eigenvalue weighted by atomic mass is 10.2. The van der Waals surface area contributed by atoms with Crippen LogP contribution in [0.25, 0.3) is 0 Å². The molecular formula is C15H14N2O4S2. The molecule has 120 valence electrons. The van der Waals surface area contributed by atoms with Crippen molar-refractivity contribution < 1.29 is 18.0 Å². The van der Waals surface area contributed by atoms with Gasteiger partial charge in [-0.2, -0.15) is 0 Å². The highest BCUT2D eigenvalue weighted by atomic mass is 32.2. The average Bonchev–Trinajstić information content (AvgIpc) is 3.11. The third kappa shape index (κ3) is 2.75. The fraction of sp³-hybridized carbons (Fsp3) is 0.200. The molecule has 23 heavy (non-hydrogen) atoms. The smallest absolute Gasteiger partial charge is 0.269 e. The van der Waals surface area contributed by atoms with Crippen LogP contribution >= 0.6 is 11.3 Å². The highest BCUT2D eigenvalue weighted by Gasteiger charge is 2.41. The second kappa shape index (κ2) is 5.78. The molecule has 0 radical (unpaired) electrons. The molecule has 2 amide bonds. The Kier molecular flexibility index (Phi) is 3.95. The maximum atomic E-state index is 12.4. The lowest BCUT2D eigenvalue weighted by Gasteiger charge is -2.17. The summed E-state index contributed by atoms with van der Waals surface area (Å²) in [5, 5.41) is 4.60. The maximum Gasteiger partial charge on any atom is 0.269 e. The highest BCUT2D eigenvalue weighted by molar-refractivity contribution is 7.90. The van der Waals surface area contributed by atoms with Crippen molar-refractivity contribution in [1.29, 1.82) is 0 Å². The Morgan fingerprint density at radius 2 is 2.00 bits per heavy atom. The number of nitrogens with zero attached hydrogens (tertiary/aromatic N) is 1. The van der Waals surface area contributed by atoms with Crippen LogP contribution in [0, 0.1) is 0 Å². The number of hydrogen-bond donors (Lipinski definition) is 1. The zero-order chi connectivity index (χ0) is 16.6. The summed E-state index contributed by atoms with van der Waals surface area (Å²) in [6.45, 7) is 1.28. The van der Waals surface area contributed by atoms with Crippen molar-refractivity contribution in [3.63, 3.8) is 0 Å². The van der Waals surface area contributed by atoms with E-state index in [1.807, 2.05) is 17.5 Å². The van der Waals surface area contributed by atoms with Crippen LogP contribution in [-0.2, 0) is 14.8 Å². The zero-order valence-corrected chi connectivity index (χ0v) is 13.9. The van der Waals surface area contributed by atoms with Gasteiger partial charge in [0.25, 0.3) is 15.9 Å². The van der Waals surface area contributed by atoms with Crippen LogP contribution in [0.2, 0.25) is 0 Å². The van der Waals surface area contributed by atoms with Crippen molar-refractivity contribution >= 4 is 33.2 Å². The van der Waals surface area contributed by atoms with Gasteiger partial charge >= 0.3 is 0 Å². The summed E-state index contributed by atoms with van der Waals surface area (Å²) in [6.07, 6.45) is 0. The normalized spacial score (nSPS) is 16.9. The largest absolute Gasteiger partial charge is 0.347 e. The summed E-state index contributed by atoms with van der Waals surface area (Å²) in [7, 11) is -3.95. The minimum absolute atomic E-state index is 0.0518. The molecule has 1 unspecified atom stereocenters. The van der Waals surface area contributed by atoms with Crippen LogP contribution in [0.1, 0.15) is 28.2 Å². The number of thiophene rings is 1. The molecule has 0 aliphatic carbocycles. The lowest BCUT2D eigenvalue weighted by molar-refractivity contribution is -0.121. The molecule has 1 aromatic carbocycles. The molecule has 2 heterocycles. The zero-order valence-electron chi connectivity index (χ0n) is 12.2. The Bertz CT molecular complexity index is 859. The number of carbonyl (C=O) groups excluding carboxylic acids is 2. The predicted octanol–water partition coefficient (Wildman–Crippen LogP) is 1.77. The van der Waals surface area contributed by atoms with Crippen molar-refractivity contribution in [2.24, 2.45) is 0 Å². The quantitative estimate of drug-likeness (QED) is 0.911. The second-order valence-corrected chi connectivity index (χ2v) is 7.93. The monoisotopic (exact) mass is 350 g/mol. The number of sulfonamides is 1. The van der Waals surface area contributed by atoms with Gasteiger partial charge in [0, 0.05) is 4.88 Å². The Morgan fingerprint density at radius 3 is 2.65 bits per heavy atom. The van der Waals surface area contributed by atoms with Crippen LogP contribution in [-0.4, -0.2) is 31.1 Å². The minimum atomic E-state index is -3.95. The van der Waals surface area contributed by atoms with Crippen LogP contribution in [0.15, 0.2) is 46.7 Å². The Hall–Kier alpha value is -2.19. The van der Waals surface area contributed by atoms with Gasteiger partial charge in [0.15, 0.2) is 0 Å². The molecule has 6 nitrogen and oxygen atoms in total. The molecule has 3 rings (SSSR count). The third-order valence-electron chi connectivity index (χ3n) is 3.55. The molecule has 0 spiro atoms. The molecule has 1 aliphatic heterocycles. The van der Waals surface area contributed by atoms with E-state index in [-0.39, 0.29) is 16.5 Å². The van der Waals surface area contributed by atoms with Crippen LogP contribution < -0.4 is 5.32 Å². The van der Waals surface area contributed by atoms with Gasteiger partial charge < -0.3 is 5.32 Å². The van der Waals surface area contributed by atoms with Crippen molar-refractivity contribution in [3.8, 4) is 0 Å². The van der Waals surface area contributed by atoms with E-state index in [1.54, 1.807) is 19.1 Å². The first-order chi connectivity index (χ1) is 10.9. The molecule has 1 aliphatic rings. The standard InChI is InChI=1S/C15H14N2O4S2/c1-10(12-6-4-8-22-12)16-14(18)9-17-15(19)11-5-2-3-7-13(11)23(17,20)21/h2-8,10H,9H2,1H3,(H,16,18). The summed E-state index contributed by atoms with van der Waals surface area (Å²) in [4.78, 5) is 25.3. The Balaban J connectivity index is 1.76. The van der Waals surface area contributed by atoms with Gasteiger partial charge in [0.05, 0.1) is 11.6 Å². The Morgan fingerprint density at radius 1 is 1.26 bits per heavy atom. The molecule has 0 saturated carbocycles. The number of benzene rings is 1.